The Hall–Kier alpha value is -3.26. The van der Waals surface area contributed by atoms with E-state index >= 15 is 0 Å². The van der Waals surface area contributed by atoms with Gasteiger partial charge in [0, 0.05) is 20.7 Å². The minimum atomic E-state index is -1.04. The molecule has 0 bridgehead atoms. The van der Waals surface area contributed by atoms with Crippen molar-refractivity contribution >= 4 is 23.3 Å². The van der Waals surface area contributed by atoms with Crippen LogP contribution in [-0.2, 0) is 9.74 Å². The van der Waals surface area contributed by atoms with Gasteiger partial charge in [-0.25, -0.2) is 4.79 Å². The van der Waals surface area contributed by atoms with Gasteiger partial charge in [0.2, 0.25) is 0 Å². The SMILES string of the molecule is COc1ccc2c(c1)C(c1ccc(Cl)cc1)=NC(CC(=O)OF)c1nnc(C)n1-2. The van der Waals surface area contributed by atoms with Crippen molar-refractivity contribution in [2.45, 2.75) is 19.4 Å². The highest BCUT2D eigenvalue weighted by Crippen LogP contribution is 2.34. The van der Waals surface area contributed by atoms with E-state index in [1.807, 2.05) is 30.3 Å². The van der Waals surface area contributed by atoms with Gasteiger partial charge in [0.1, 0.15) is 17.6 Å². The summed E-state index contributed by atoms with van der Waals surface area (Å²) in [5, 5.41) is 8.90. The molecule has 148 valence electrons. The van der Waals surface area contributed by atoms with E-state index in [9.17, 15) is 9.32 Å². The summed E-state index contributed by atoms with van der Waals surface area (Å²) in [6.07, 6.45) is -0.323. The molecule has 1 unspecified atom stereocenters. The fourth-order valence-corrected chi connectivity index (χ4v) is 3.49. The molecule has 0 saturated carbocycles. The predicted molar refractivity (Wildman–Crippen MR) is 104 cm³/mol. The first-order chi connectivity index (χ1) is 14.0. The van der Waals surface area contributed by atoms with Crippen molar-refractivity contribution in [3.8, 4) is 11.4 Å². The Bertz CT molecular complexity index is 1110. The summed E-state index contributed by atoms with van der Waals surface area (Å²) in [7, 11) is 1.58. The predicted octanol–water partition coefficient (Wildman–Crippen LogP) is 3.95. The molecule has 3 aromatic rings. The second-order valence-electron chi connectivity index (χ2n) is 6.48. The number of aryl methyl sites for hydroxylation is 1. The zero-order chi connectivity index (χ0) is 20.5. The molecule has 0 saturated heterocycles. The van der Waals surface area contributed by atoms with Gasteiger partial charge < -0.3 is 4.74 Å². The Kier molecular flexibility index (Phi) is 5.02. The number of fused-ring (bicyclic) bond motifs is 3. The molecule has 1 atom stereocenters. The highest BCUT2D eigenvalue weighted by Gasteiger charge is 2.30. The number of hydrogen-bond donors (Lipinski definition) is 0. The van der Waals surface area contributed by atoms with Crippen LogP contribution in [0.25, 0.3) is 5.69 Å². The van der Waals surface area contributed by atoms with Crippen molar-refractivity contribution in [3.63, 3.8) is 0 Å². The largest absolute Gasteiger partial charge is 0.497 e. The molecule has 0 amide bonds. The first-order valence-corrected chi connectivity index (χ1v) is 9.15. The van der Waals surface area contributed by atoms with E-state index in [-0.39, 0.29) is 6.42 Å². The van der Waals surface area contributed by atoms with Crippen LogP contribution >= 0.6 is 11.6 Å². The number of benzene rings is 2. The summed E-state index contributed by atoms with van der Waals surface area (Å²) in [4.78, 5) is 19.9. The smallest absolute Gasteiger partial charge is 0.351 e. The third kappa shape index (κ3) is 3.47. The van der Waals surface area contributed by atoms with E-state index in [1.54, 1.807) is 30.7 Å². The Morgan fingerprint density at radius 3 is 2.66 bits per heavy atom. The fourth-order valence-electron chi connectivity index (χ4n) is 3.37. The lowest BCUT2D eigenvalue weighted by molar-refractivity contribution is -0.184. The van der Waals surface area contributed by atoms with Crippen molar-refractivity contribution in [1.82, 2.24) is 14.8 Å². The van der Waals surface area contributed by atoms with E-state index in [4.69, 9.17) is 21.3 Å². The Morgan fingerprint density at radius 1 is 1.21 bits per heavy atom. The summed E-state index contributed by atoms with van der Waals surface area (Å²) in [5.41, 5.74) is 2.90. The number of aromatic nitrogens is 3. The zero-order valence-corrected chi connectivity index (χ0v) is 16.4. The molecule has 0 aliphatic carbocycles. The molecule has 7 nitrogen and oxygen atoms in total. The second kappa shape index (κ2) is 7.63. The molecule has 1 aliphatic rings. The lowest BCUT2D eigenvalue weighted by atomic mass is 10.00. The topological polar surface area (TPSA) is 78.6 Å². The lowest BCUT2D eigenvalue weighted by Gasteiger charge is -2.14. The Morgan fingerprint density at radius 2 is 1.97 bits per heavy atom. The third-order valence-corrected chi connectivity index (χ3v) is 4.95. The van der Waals surface area contributed by atoms with Crippen molar-refractivity contribution in [2.24, 2.45) is 4.99 Å². The van der Waals surface area contributed by atoms with Gasteiger partial charge in [-0.3, -0.25) is 14.5 Å². The molecule has 2 heterocycles. The molecule has 4 rings (SSSR count). The van der Waals surface area contributed by atoms with E-state index in [2.05, 4.69) is 15.1 Å². The Balaban J connectivity index is 1.99. The van der Waals surface area contributed by atoms with Gasteiger partial charge in [-0.2, -0.15) is 0 Å². The van der Waals surface area contributed by atoms with Gasteiger partial charge in [0.05, 0.1) is 24.9 Å². The average Bonchev–Trinajstić information content (AvgIpc) is 3.06. The van der Waals surface area contributed by atoms with Crippen molar-refractivity contribution in [2.75, 3.05) is 7.11 Å². The van der Waals surface area contributed by atoms with E-state index in [1.165, 1.54) is 0 Å². The summed E-state index contributed by atoms with van der Waals surface area (Å²) < 4.78 is 19.7. The van der Waals surface area contributed by atoms with Crippen LogP contribution in [0.4, 0.5) is 4.53 Å². The van der Waals surface area contributed by atoms with Gasteiger partial charge in [-0.1, -0.05) is 23.7 Å². The summed E-state index contributed by atoms with van der Waals surface area (Å²) >= 11 is 6.04. The number of ether oxygens (including phenoxy) is 1. The van der Waals surface area contributed by atoms with Crippen LogP contribution in [0.2, 0.25) is 5.02 Å². The maximum Gasteiger partial charge on any atom is 0.351 e. The quantitative estimate of drug-likeness (QED) is 0.646. The van der Waals surface area contributed by atoms with Crippen LogP contribution in [0.1, 0.15) is 35.2 Å². The van der Waals surface area contributed by atoms with Gasteiger partial charge in [-0.15, -0.1) is 10.2 Å². The van der Waals surface area contributed by atoms with E-state index in [0.717, 1.165) is 16.8 Å². The summed E-state index contributed by atoms with van der Waals surface area (Å²) in [6.45, 7) is 1.79. The number of rotatable bonds is 4. The normalized spacial score (nSPS) is 15.0. The molecule has 0 N–H and O–H groups in total. The van der Waals surface area contributed by atoms with Gasteiger partial charge in [0.25, 0.3) is 0 Å². The summed E-state index contributed by atoms with van der Waals surface area (Å²) in [5.74, 6) is 0.630. The van der Waals surface area contributed by atoms with Crippen LogP contribution in [0.15, 0.2) is 47.5 Å². The van der Waals surface area contributed by atoms with Crippen LogP contribution in [0.5, 0.6) is 5.75 Å². The molecular weight excluding hydrogens is 399 g/mol. The van der Waals surface area contributed by atoms with Gasteiger partial charge in [0.15, 0.2) is 5.82 Å². The average molecular weight is 415 g/mol. The highest BCUT2D eigenvalue weighted by molar-refractivity contribution is 6.30. The van der Waals surface area contributed by atoms with E-state index in [0.29, 0.717) is 28.1 Å². The zero-order valence-electron chi connectivity index (χ0n) is 15.6. The van der Waals surface area contributed by atoms with Crippen LogP contribution in [0.3, 0.4) is 0 Å². The van der Waals surface area contributed by atoms with Crippen LogP contribution in [-0.4, -0.2) is 33.6 Å². The molecule has 0 fully saturated rings. The number of nitrogens with zero attached hydrogens (tertiary/aromatic N) is 4. The fraction of sp³-hybridized carbons (Fsp3) is 0.200. The van der Waals surface area contributed by atoms with Crippen molar-refractivity contribution in [3.05, 3.63) is 70.3 Å². The highest BCUT2D eigenvalue weighted by atomic mass is 35.5. The molecule has 29 heavy (non-hydrogen) atoms. The number of carbonyl (C=O) groups excluding carboxylic acids is 1. The van der Waals surface area contributed by atoms with Crippen molar-refractivity contribution in [1.29, 1.82) is 0 Å². The molecule has 0 spiro atoms. The Labute approximate surface area is 170 Å². The van der Waals surface area contributed by atoms with Gasteiger partial charge >= 0.3 is 5.97 Å². The first-order valence-electron chi connectivity index (χ1n) is 8.77. The maximum absolute atomic E-state index is 12.5. The molecule has 1 aliphatic heterocycles. The lowest BCUT2D eigenvalue weighted by Crippen LogP contribution is -2.11. The van der Waals surface area contributed by atoms with Crippen LogP contribution in [0, 0.1) is 6.92 Å². The molecular formula is C20H16ClFN4O3. The van der Waals surface area contributed by atoms with Crippen molar-refractivity contribution < 1.29 is 19.0 Å². The molecule has 0 radical (unpaired) electrons. The third-order valence-electron chi connectivity index (χ3n) is 4.70. The maximum atomic E-state index is 12.5. The van der Waals surface area contributed by atoms with Gasteiger partial charge in [-0.05, 0) is 37.3 Å². The first kappa shape index (κ1) is 19.1. The van der Waals surface area contributed by atoms with Crippen LogP contribution < -0.4 is 4.74 Å². The van der Waals surface area contributed by atoms with E-state index < -0.39 is 12.0 Å². The molecule has 2 aromatic carbocycles. The monoisotopic (exact) mass is 414 g/mol. The number of carbonyl (C=O) groups is 1. The second-order valence-corrected chi connectivity index (χ2v) is 6.91. The number of methoxy groups -OCH3 is 1. The number of hydrogen-bond acceptors (Lipinski definition) is 6. The number of halogens is 2. The minimum absolute atomic E-state index is 0.323. The standard InChI is InChI=1S/C20H16ClFN4O3/c1-11-24-25-20-16(10-18(27)29-22)23-19(12-3-5-13(21)6-4-12)15-9-14(28-2)7-8-17(15)26(11)20/h3-9,16H,10H2,1-2H3. The minimum Gasteiger partial charge on any atom is -0.497 e. The molecule has 1 aromatic heterocycles. The number of aliphatic imine (C=N–C) groups is 1. The molecule has 9 heteroatoms. The summed E-state index contributed by atoms with van der Waals surface area (Å²) in [6, 6.07) is 11.9.